The lowest BCUT2D eigenvalue weighted by Crippen LogP contribution is -2.18. The van der Waals surface area contributed by atoms with Gasteiger partial charge in [0.1, 0.15) is 11.5 Å². The van der Waals surface area contributed by atoms with E-state index in [0.29, 0.717) is 6.61 Å². The molecule has 0 bridgehead atoms. The summed E-state index contributed by atoms with van der Waals surface area (Å²) in [4.78, 5) is 1.34. The van der Waals surface area contributed by atoms with Crippen LogP contribution in [0.15, 0.2) is 35.7 Å². The Morgan fingerprint density at radius 2 is 2.15 bits per heavy atom. The van der Waals surface area contributed by atoms with Crippen molar-refractivity contribution in [3.8, 4) is 11.5 Å². The molecule has 1 atom stereocenters. The van der Waals surface area contributed by atoms with Gasteiger partial charge in [0.25, 0.3) is 0 Å². The van der Waals surface area contributed by atoms with Gasteiger partial charge in [0.15, 0.2) is 0 Å². The van der Waals surface area contributed by atoms with Crippen molar-refractivity contribution >= 4 is 11.3 Å². The Balaban J connectivity index is 2.01. The first kappa shape index (κ1) is 14.9. The summed E-state index contributed by atoms with van der Waals surface area (Å²) in [5.74, 6) is 1.74. The Labute approximate surface area is 124 Å². The number of hydrogen-bond acceptors (Lipinski definition) is 4. The molecule has 20 heavy (non-hydrogen) atoms. The molecule has 108 valence electrons. The molecule has 0 aliphatic carbocycles. The van der Waals surface area contributed by atoms with Gasteiger partial charge in [0.05, 0.1) is 13.7 Å². The molecule has 3 nitrogen and oxygen atoms in total. The Morgan fingerprint density at radius 3 is 2.80 bits per heavy atom. The molecule has 2 rings (SSSR count). The maximum Gasteiger partial charge on any atom is 0.122 e. The largest absolute Gasteiger partial charge is 0.497 e. The number of ether oxygens (including phenoxy) is 2. The highest BCUT2D eigenvalue weighted by molar-refractivity contribution is 7.09. The fraction of sp³-hybridized carbons (Fsp3) is 0.375. The van der Waals surface area contributed by atoms with Gasteiger partial charge in [0.2, 0.25) is 0 Å². The predicted octanol–water partition coefficient (Wildman–Crippen LogP) is 3.27. The van der Waals surface area contributed by atoms with E-state index in [1.165, 1.54) is 4.88 Å². The van der Waals surface area contributed by atoms with Crippen LogP contribution in [0.25, 0.3) is 0 Å². The van der Waals surface area contributed by atoms with E-state index in [9.17, 15) is 0 Å². The Hall–Kier alpha value is -1.52. The third kappa shape index (κ3) is 4.25. The topological polar surface area (TPSA) is 44.5 Å². The second-order valence-corrected chi connectivity index (χ2v) is 5.87. The van der Waals surface area contributed by atoms with Crippen LogP contribution >= 0.6 is 11.3 Å². The number of methoxy groups -OCH3 is 1. The maximum absolute atomic E-state index is 5.91. The molecule has 0 aliphatic heterocycles. The number of thiophene rings is 1. The van der Waals surface area contributed by atoms with Crippen molar-refractivity contribution in [1.29, 1.82) is 0 Å². The third-order valence-corrected chi connectivity index (χ3v) is 3.93. The second-order valence-electron chi connectivity index (χ2n) is 4.83. The van der Waals surface area contributed by atoms with Gasteiger partial charge in [0, 0.05) is 17.3 Å². The summed E-state index contributed by atoms with van der Waals surface area (Å²) in [6.07, 6.45) is 1.72. The van der Waals surface area contributed by atoms with E-state index in [1.54, 1.807) is 18.4 Å². The summed E-state index contributed by atoms with van der Waals surface area (Å²) in [5.41, 5.74) is 7.00. The lowest BCUT2D eigenvalue weighted by atomic mass is 10.1. The van der Waals surface area contributed by atoms with Gasteiger partial charge < -0.3 is 15.2 Å². The minimum absolute atomic E-state index is 0.0988. The summed E-state index contributed by atoms with van der Waals surface area (Å²) in [7, 11) is 1.67. The van der Waals surface area contributed by atoms with E-state index in [2.05, 4.69) is 17.5 Å². The van der Waals surface area contributed by atoms with Gasteiger partial charge in [-0.1, -0.05) is 6.07 Å². The van der Waals surface area contributed by atoms with E-state index >= 15 is 0 Å². The molecule has 0 spiro atoms. The first-order valence-electron chi connectivity index (χ1n) is 6.76. The average Bonchev–Trinajstić information content (AvgIpc) is 2.93. The molecule has 0 amide bonds. The van der Waals surface area contributed by atoms with Crippen molar-refractivity contribution in [2.45, 2.75) is 25.8 Å². The number of benzene rings is 1. The van der Waals surface area contributed by atoms with Gasteiger partial charge >= 0.3 is 0 Å². The fourth-order valence-electron chi connectivity index (χ4n) is 2.05. The van der Waals surface area contributed by atoms with Crippen LogP contribution in [0.4, 0.5) is 0 Å². The van der Waals surface area contributed by atoms with Crippen LogP contribution in [0.5, 0.6) is 11.5 Å². The zero-order chi connectivity index (χ0) is 14.4. The van der Waals surface area contributed by atoms with E-state index in [-0.39, 0.29) is 6.04 Å². The summed E-state index contributed by atoms with van der Waals surface area (Å²) in [5, 5.41) is 2.09. The zero-order valence-corrected chi connectivity index (χ0v) is 12.8. The number of rotatable bonds is 7. The molecule has 1 heterocycles. The second kappa shape index (κ2) is 7.31. The van der Waals surface area contributed by atoms with E-state index in [1.807, 2.05) is 25.1 Å². The fourth-order valence-corrected chi connectivity index (χ4v) is 2.74. The van der Waals surface area contributed by atoms with Crippen LogP contribution in [-0.4, -0.2) is 19.8 Å². The van der Waals surface area contributed by atoms with E-state index < -0.39 is 0 Å². The van der Waals surface area contributed by atoms with Gasteiger partial charge in [-0.2, -0.15) is 0 Å². The van der Waals surface area contributed by atoms with Crippen LogP contribution in [0.3, 0.4) is 0 Å². The molecular weight excluding hydrogens is 270 g/mol. The summed E-state index contributed by atoms with van der Waals surface area (Å²) in [6, 6.07) is 10.2. The Kier molecular flexibility index (Phi) is 5.44. The van der Waals surface area contributed by atoms with Crippen LogP contribution in [0, 0.1) is 0 Å². The highest BCUT2D eigenvalue weighted by Crippen LogP contribution is 2.25. The maximum atomic E-state index is 5.91. The average molecular weight is 291 g/mol. The molecule has 0 radical (unpaired) electrons. The molecule has 0 aliphatic rings. The van der Waals surface area contributed by atoms with Crippen molar-refractivity contribution in [3.05, 3.63) is 46.2 Å². The zero-order valence-electron chi connectivity index (χ0n) is 12.0. The minimum atomic E-state index is 0.0988. The molecular formula is C16H21NO2S. The standard InChI is InChI=1S/C16H21NO2S/c1-12(17)10-13-11-14(18-2)5-6-16(13)19-8-7-15-4-3-9-20-15/h3-6,9,11-12H,7-8,10,17H2,1-2H3. The molecule has 2 N–H and O–H groups in total. The van der Waals surface area contributed by atoms with Gasteiger partial charge in [-0.05, 0) is 48.6 Å². The number of nitrogens with two attached hydrogens (primary N) is 1. The Bertz CT molecular complexity index is 523. The molecule has 1 aromatic heterocycles. The smallest absolute Gasteiger partial charge is 0.122 e. The van der Waals surface area contributed by atoms with Gasteiger partial charge in [-0.25, -0.2) is 0 Å². The van der Waals surface area contributed by atoms with Crippen molar-refractivity contribution in [2.75, 3.05) is 13.7 Å². The SMILES string of the molecule is COc1ccc(OCCc2cccs2)c(CC(C)N)c1. The van der Waals surface area contributed by atoms with Crippen molar-refractivity contribution in [1.82, 2.24) is 0 Å². The molecule has 2 aromatic rings. The van der Waals surface area contributed by atoms with E-state index in [0.717, 1.165) is 29.9 Å². The van der Waals surface area contributed by atoms with Crippen LogP contribution in [0.2, 0.25) is 0 Å². The lowest BCUT2D eigenvalue weighted by Gasteiger charge is -2.14. The molecule has 0 saturated carbocycles. The predicted molar refractivity (Wildman–Crippen MR) is 83.9 cm³/mol. The summed E-state index contributed by atoms with van der Waals surface area (Å²) in [6.45, 7) is 2.67. The third-order valence-electron chi connectivity index (χ3n) is 3.00. The highest BCUT2D eigenvalue weighted by atomic mass is 32.1. The van der Waals surface area contributed by atoms with Crippen LogP contribution in [0.1, 0.15) is 17.4 Å². The van der Waals surface area contributed by atoms with Crippen molar-refractivity contribution in [2.24, 2.45) is 5.73 Å². The molecule has 0 saturated heterocycles. The lowest BCUT2D eigenvalue weighted by molar-refractivity contribution is 0.318. The van der Waals surface area contributed by atoms with E-state index in [4.69, 9.17) is 15.2 Å². The van der Waals surface area contributed by atoms with Crippen LogP contribution < -0.4 is 15.2 Å². The van der Waals surface area contributed by atoms with Crippen molar-refractivity contribution < 1.29 is 9.47 Å². The van der Waals surface area contributed by atoms with Crippen molar-refractivity contribution in [3.63, 3.8) is 0 Å². The van der Waals surface area contributed by atoms with Crippen LogP contribution in [-0.2, 0) is 12.8 Å². The Morgan fingerprint density at radius 1 is 1.30 bits per heavy atom. The van der Waals surface area contributed by atoms with Gasteiger partial charge in [-0.15, -0.1) is 11.3 Å². The molecule has 1 aromatic carbocycles. The normalized spacial score (nSPS) is 12.2. The molecule has 0 fully saturated rings. The quantitative estimate of drug-likeness (QED) is 0.851. The molecule has 4 heteroatoms. The minimum Gasteiger partial charge on any atom is -0.497 e. The highest BCUT2D eigenvalue weighted by Gasteiger charge is 2.08. The number of hydrogen-bond donors (Lipinski definition) is 1. The summed E-state index contributed by atoms with van der Waals surface area (Å²) >= 11 is 1.76. The first-order valence-corrected chi connectivity index (χ1v) is 7.64. The first-order chi connectivity index (χ1) is 9.69. The monoisotopic (exact) mass is 291 g/mol. The van der Waals surface area contributed by atoms with Gasteiger partial charge in [-0.3, -0.25) is 0 Å². The molecule has 1 unspecified atom stereocenters. The summed E-state index contributed by atoms with van der Waals surface area (Å²) < 4.78 is 11.2.